The van der Waals surface area contributed by atoms with Gasteiger partial charge in [0.15, 0.2) is 17.4 Å². The average molecular weight is 275 g/mol. The fourth-order valence-corrected chi connectivity index (χ4v) is 2.01. The summed E-state index contributed by atoms with van der Waals surface area (Å²) >= 11 is 0. The molecule has 0 radical (unpaired) electrons. The van der Waals surface area contributed by atoms with E-state index in [0.717, 1.165) is 11.6 Å². The van der Waals surface area contributed by atoms with E-state index in [1.807, 2.05) is 30.3 Å². The molecule has 0 saturated heterocycles. The molecule has 0 aliphatic heterocycles. The molecule has 2 rings (SSSR count). The Balaban J connectivity index is 2.01. The summed E-state index contributed by atoms with van der Waals surface area (Å²) in [5.41, 5.74) is 6.67. The first kappa shape index (κ1) is 14.3. The number of nitrogens with two attached hydrogens (primary N) is 1. The molecule has 1 atom stereocenters. The Morgan fingerprint density at radius 2 is 1.75 bits per heavy atom. The van der Waals surface area contributed by atoms with Gasteiger partial charge in [0.2, 0.25) is 0 Å². The van der Waals surface area contributed by atoms with Crippen LogP contribution in [0, 0.1) is 11.6 Å². The SMILES string of the molecule is NC(CCC(=O)c1cccc(F)c1F)c1ccccc1. The van der Waals surface area contributed by atoms with E-state index in [1.165, 1.54) is 12.1 Å². The first-order valence-corrected chi connectivity index (χ1v) is 6.37. The molecule has 4 heteroatoms. The summed E-state index contributed by atoms with van der Waals surface area (Å²) in [6.45, 7) is 0. The zero-order valence-corrected chi connectivity index (χ0v) is 10.9. The molecule has 0 spiro atoms. The third-order valence-corrected chi connectivity index (χ3v) is 3.16. The first-order valence-electron chi connectivity index (χ1n) is 6.37. The van der Waals surface area contributed by atoms with Crippen molar-refractivity contribution in [2.75, 3.05) is 0 Å². The number of Topliss-reactive ketones (excluding diaryl/α,β-unsaturated/α-hetero) is 1. The number of halogens is 2. The lowest BCUT2D eigenvalue weighted by Crippen LogP contribution is -2.13. The number of hydrogen-bond donors (Lipinski definition) is 1. The van der Waals surface area contributed by atoms with E-state index in [1.54, 1.807) is 0 Å². The average Bonchev–Trinajstić information content (AvgIpc) is 2.48. The standard InChI is InChI=1S/C16H15F2NO/c17-13-8-4-7-12(16(13)18)15(20)10-9-14(19)11-5-2-1-3-6-11/h1-8,14H,9-10,19H2. The van der Waals surface area contributed by atoms with Crippen molar-refractivity contribution in [2.24, 2.45) is 5.73 Å². The summed E-state index contributed by atoms with van der Waals surface area (Å²) < 4.78 is 26.5. The van der Waals surface area contributed by atoms with Gasteiger partial charge in [-0.2, -0.15) is 0 Å². The van der Waals surface area contributed by atoms with Crippen molar-refractivity contribution in [3.63, 3.8) is 0 Å². The van der Waals surface area contributed by atoms with Crippen LogP contribution in [0.2, 0.25) is 0 Å². The van der Waals surface area contributed by atoms with Gasteiger partial charge in [-0.05, 0) is 24.1 Å². The van der Waals surface area contributed by atoms with Crippen LogP contribution in [0.25, 0.3) is 0 Å². The van der Waals surface area contributed by atoms with Crippen molar-refractivity contribution in [2.45, 2.75) is 18.9 Å². The number of hydrogen-bond acceptors (Lipinski definition) is 2. The molecule has 1 unspecified atom stereocenters. The van der Waals surface area contributed by atoms with Gasteiger partial charge < -0.3 is 5.73 Å². The molecule has 2 N–H and O–H groups in total. The highest BCUT2D eigenvalue weighted by atomic mass is 19.2. The molecule has 0 fully saturated rings. The van der Waals surface area contributed by atoms with Crippen LogP contribution in [-0.2, 0) is 0 Å². The highest BCUT2D eigenvalue weighted by molar-refractivity contribution is 5.96. The van der Waals surface area contributed by atoms with Gasteiger partial charge in [0, 0.05) is 12.5 Å². The lowest BCUT2D eigenvalue weighted by atomic mass is 9.99. The zero-order valence-electron chi connectivity index (χ0n) is 10.9. The molecule has 0 saturated carbocycles. The second-order valence-corrected chi connectivity index (χ2v) is 4.58. The maximum atomic E-state index is 13.5. The van der Waals surface area contributed by atoms with E-state index in [0.29, 0.717) is 6.42 Å². The van der Waals surface area contributed by atoms with E-state index in [9.17, 15) is 13.6 Å². The first-order chi connectivity index (χ1) is 9.59. The molecule has 2 aromatic rings. The fraction of sp³-hybridized carbons (Fsp3) is 0.188. The lowest BCUT2D eigenvalue weighted by Gasteiger charge is -2.11. The molecule has 2 aromatic carbocycles. The summed E-state index contributed by atoms with van der Waals surface area (Å²) in [5.74, 6) is -2.54. The Morgan fingerprint density at radius 1 is 1.05 bits per heavy atom. The highest BCUT2D eigenvalue weighted by Crippen LogP contribution is 2.19. The monoisotopic (exact) mass is 275 g/mol. The van der Waals surface area contributed by atoms with Crippen molar-refractivity contribution in [3.8, 4) is 0 Å². The van der Waals surface area contributed by atoms with Gasteiger partial charge in [-0.15, -0.1) is 0 Å². The van der Waals surface area contributed by atoms with E-state index < -0.39 is 17.4 Å². The topological polar surface area (TPSA) is 43.1 Å². The van der Waals surface area contributed by atoms with Crippen LogP contribution in [0.5, 0.6) is 0 Å². The van der Waals surface area contributed by atoms with Crippen molar-refractivity contribution < 1.29 is 13.6 Å². The molecule has 2 nitrogen and oxygen atoms in total. The van der Waals surface area contributed by atoms with E-state index in [4.69, 9.17) is 5.73 Å². The third kappa shape index (κ3) is 3.27. The Bertz CT molecular complexity index is 599. The molecule has 0 aliphatic carbocycles. The van der Waals surface area contributed by atoms with Crippen molar-refractivity contribution in [1.29, 1.82) is 0 Å². The summed E-state index contributed by atoms with van der Waals surface area (Å²) in [6.07, 6.45) is 0.467. The maximum absolute atomic E-state index is 13.5. The Hall–Kier alpha value is -2.07. The van der Waals surface area contributed by atoms with E-state index in [-0.39, 0.29) is 18.0 Å². The molecule has 0 amide bonds. The lowest BCUT2D eigenvalue weighted by molar-refractivity contribution is 0.0972. The Labute approximate surface area is 116 Å². The van der Waals surface area contributed by atoms with Crippen molar-refractivity contribution in [1.82, 2.24) is 0 Å². The molecule has 20 heavy (non-hydrogen) atoms. The minimum Gasteiger partial charge on any atom is -0.324 e. The van der Waals surface area contributed by atoms with Gasteiger partial charge in [0.05, 0.1) is 5.56 Å². The number of carbonyl (C=O) groups is 1. The van der Waals surface area contributed by atoms with Crippen LogP contribution in [-0.4, -0.2) is 5.78 Å². The molecule has 0 heterocycles. The predicted octanol–water partition coefficient (Wildman–Crippen LogP) is 3.63. The zero-order chi connectivity index (χ0) is 14.5. The summed E-state index contributed by atoms with van der Waals surface area (Å²) in [5, 5.41) is 0. The number of ketones is 1. The van der Waals surface area contributed by atoms with Crippen LogP contribution < -0.4 is 5.73 Å². The summed E-state index contributed by atoms with van der Waals surface area (Å²) in [4.78, 5) is 11.9. The van der Waals surface area contributed by atoms with Gasteiger partial charge in [-0.1, -0.05) is 36.4 Å². The molecule has 104 valence electrons. The number of benzene rings is 2. The number of rotatable bonds is 5. The smallest absolute Gasteiger partial charge is 0.169 e. The predicted molar refractivity (Wildman–Crippen MR) is 73.3 cm³/mol. The minimum atomic E-state index is -1.09. The van der Waals surface area contributed by atoms with Crippen molar-refractivity contribution in [3.05, 3.63) is 71.3 Å². The summed E-state index contributed by atoms with van der Waals surface area (Å²) in [7, 11) is 0. The van der Waals surface area contributed by atoms with Crippen LogP contribution >= 0.6 is 0 Å². The molecule has 0 bridgehead atoms. The largest absolute Gasteiger partial charge is 0.324 e. The molecular weight excluding hydrogens is 260 g/mol. The Kier molecular flexibility index (Phi) is 4.58. The quantitative estimate of drug-likeness (QED) is 0.847. The summed E-state index contributed by atoms with van der Waals surface area (Å²) in [6, 6.07) is 12.7. The van der Waals surface area contributed by atoms with Gasteiger partial charge in [-0.25, -0.2) is 8.78 Å². The second-order valence-electron chi connectivity index (χ2n) is 4.58. The van der Waals surface area contributed by atoms with E-state index >= 15 is 0 Å². The fourth-order valence-electron chi connectivity index (χ4n) is 2.01. The van der Waals surface area contributed by atoms with Crippen LogP contribution in [0.15, 0.2) is 48.5 Å². The second kappa shape index (κ2) is 6.39. The van der Waals surface area contributed by atoms with Crippen LogP contribution in [0.3, 0.4) is 0 Å². The number of carbonyl (C=O) groups excluding carboxylic acids is 1. The van der Waals surface area contributed by atoms with Crippen molar-refractivity contribution >= 4 is 5.78 Å². The highest BCUT2D eigenvalue weighted by Gasteiger charge is 2.16. The molecule has 0 aliphatic rings. The van der Waals surface area contributed by atoms with Gasteiger partial charge >= 0.3 is 0 Å². The van der Waals surface area contributed by atoms with Gasteiger partial charge in [-0.3, -0.25) is 4.79 Å². The van der Waals surface area contributed by atoms with E-state index in [2.05, 4.69) is 0 Å². The molecule has 0 aromatic heterocycles. The van der Waals surface area contributed by atoms with Gasteiger partial charge in [0.25, 0.3) is 0 Å². The Morgan fingerprint density at radius 3 is 2.45 bits per heavy atom. The van der Waals surface area contributed by atoms with Gasteiger partial charge in [0.1, 0.15) is 0 Å². The van der Waals surface area contributed by atoms with Crippen LogP contribution in [0.1, 0.15) is 34.8 Å². The third-order valence-electron chi connectivity index (χ3n) is 3.16. The van der Waals surface area contributed by atoms with Crippen LogP contribution in [0.4, 0.5) is 8.78 Å². The maximum Gasteiger partial charge on any atom is 0.169 e. The minimum absolute atomic E-state index is 0.0798. The molecular formula is C16H15F2NO. The normalized spacial score (nSPS) is 12.2.